The minimum Gasteiger partial charge on any atom is -0.366 e. The SMILES string of the molecule is Cc1c(Cl)cccc1N1CC(C2CCCCC2)NCC1C. The Morgan fingerprint density at radius 3 is 2.71 bits per heavy atom. The van der Waals surface area contributed by atoms with E-state index in [0.29, 0.717) is 12.1 Å². The first-order valence-electron chi connectivity index (χ1n) is 8.42. The Labute approximate surface area is 133 Å². The minimum atomic E-state index is 0.530. The molecular formula is C18H27ClN2. The van der Waals surface area contributed by atoms with E-state index < -0.39 is 0 Å². The van der Waals surface area contributed by atoms with E-state index in [0.717, 1.165) is 24.0 Å². The fraction of sp³-hybridized carbons (Fsp3) is 0.667. The van der Waals surface area contributed by atoms with Gasteiger partial charge in [0.25, 0.3) is 0 Å². The molecular weight excluding hydrogens is 280 g/mol. The van der Waals surface area contributed by atoms with Gasteiger partial charge in [-0.25, -0.2) is 0 Å². The van der Waals surface area contributed by atoms with Crippen LogP contribution in [0.15, 0.2) is 18.2 Å². The maximum Gasteiger partial charge on any atom is 0.0455 e. The monoisotopic (exact) mass is 306 g/mol. The molecule has 0 aromatic heterocycles. The van der Waals surface area contributed by atoms with Crippen LogP contribution in [0.5, 0.6) is 0 Å². The number of halogens is 1. The number of benzene rings is 1. The van der Waals surface area contributed by atoms with Crippen molar-refractivity contribution in [3.63, 3.8) is 0 Å². The van der Waals surface area contributed by atoms with Crippen molar-refractivity contribution >= 4 is 17.3 Å². The number of rotatable bonds is 2. The summed E-state index contributed by atoms with van der Waals surface area (Å²) in [4.78, 5) is 2.57. The van der Waals surface area contributed by atoms with E-state index in [-0.39, 0.29) is 0 Å². The van der Waals surface area contributed by atoms with Gasteiger partial charge >= 0.3 is 0 Å². The number of hydrogen-bond acceptors (Lipinski definition) is 2. The van der Waals surface area contributed by atoms with Gasteiger partial charge in [0.05, 0.1) is 0 Å². The van der Waals surface area contributed by atoms with Gasteiger partial charge in [-0.3, -0.25) is 0 Å². The minimum absolute atomic E-state index is 0.530. The largest absolute Gasteiger partial charge is 0.366 e. The Bertz CT molecular complexity index is 482. The zero-order valence-electron chi connectivity index (χ0n) is 13.2. The molecule has 116 valence electrons. The highest BCUT2D eigenvalue weighted by Gasteiger charge is 2.31. The number of hydrogen-bond donors (Lipinski definition) is 1. The molecule has 2 fully saturated rings. The van der Waals surface area contributed by atoms with Crippen molar-refractivity contribution in [2.75, 3.05) is 18.0 Å². The van der Waals surface area contributed by atoms with Gasteiger partial charge in [-0.15, -0.1) is 0 Å². The third-order valence-electron chi connectivity index (χ3n) is 5.37. The van der Waals surface area contributed by atoms with Crippen LogP contribution in [0.4, 0.5) is 5.69 Å². The van der Waals surface area contributed by atoms with Crippen LogP contribution in [-0.4, -0.2) is 25.2 Å². The fourth-order valence-electron chi connectivity index (χ4n) is 3.98. The topological polar surface area (TPSA) is 15.3 Å². The third-order valence-corrected chi connectivity index (χ3v) is 5.78. The molecule has 2 unspecified atom stereocenters. The van der Waals surface area contributed by atoms with Gasteiger partial charge in [0.2, 0.25) is 0 Å². The Hall–Kier alpha value is -0.730. The van der Waals surface area contributed by atoms with E-state index in [1.165, 1.54) is 43.4 Å². The number of nitrogens with zero attached hydrogens (tertiary/aromatic N) is 1. The van der Waals surface area contributed by atoms with Crippen LogP contribution < -0.4 is 10.2 Å². The Balaban J connectivity index is 1.78. The molecule has 2 nitrogen and oxygen atoms in total. The summed E-state index contributed by atoms with van der Waals surface area (Å²) in [5.41, 5.74) is 2.53. The lowest BCUT2D eigenvalue weighted by Crippen LogP contribution is -2.58. The van der Waals surface area contributed by atoms with Gasteiger partial charge in [0.1, 0.15) is 0 Å². The second-order valence-corrected chi connectivity index (χ2v) is 7.21. The Kier molecular flexibility index (Phi) is 4.75. The lowest BCUT2D eigenvalue weighted by molar-refractivity contribution is 0.245. The van der Waals surface area contributed by atoms with E-state index in [2.05, 4.69) is 36.2 Å². The van der Waals surface area contributed by atoms with Crippen LogP contribution in [0.3, 0.4) is 0 Å². The molecule has 3 rings (SSSR count). The van der Waals surface area contributed by atoms with Crippen molar-refractivity contribution < 1.29 is 0 Å². The molecule has 0 spiro atoms. The third kappa shape index (κ3) is 3.22. The second kappa shape index (κ2) is 6.58. The highest BCUT2D eigenvalue weighted by molar-refractivity contribution is 6.31. The fourth-order valence-corrected chi connectivity index (χ4v) is 4.15. The van der Waals surface area contributed by atoms with Crippen LogP contribution in [0, 0.1) is 12.8 Å². The lowest BCUT2D eigenvalue weighted by Gasteiger charge is -2.44. The highest BCUT2D eigenvalue weighted by Crippen LogP contribution is 2.32. The van der Waals surface area contributed by atoms with Gasteiger partial charge in [-0.1, -0.05) is 36.9 Å². The summed E-state index contributed by atoms with van der Waals surface area (Å²) in [6.07, 6.45) is 7.04. The zero-order chi connectivity index (χ0) is 14.8. The van der Waals surface area contributed by atoms with Gasteiger partial charge < -0.3 is 10.2 Å². The molecule has 1 aliphatic heterocycles. The Morgan fingerprint density at radius 2 is 1.95 bits per heavy atom. The van der Waals surface area contributed by atoms with Crippen LogP contribution >= 0.6 is 11.6 Å². The van der Waals surface area contributed by atoms with Crippen molar-refractivity contribution in [2.45, 2.75) is 58.0 Å². The van der Waals surface area contributed by atoms with E-state index in [1.807, 2.05) is 6.07 Å². The quantitative estimate of drug-likeness (QED) is 0.871. The van der Waals surface area contributed by atoms with E-state index in [9.17, 15) is 0 Å². The molecule has 2 atom stereocenters. The lowest BCUT2D eigenvalue weighted by atomic mass is 9.82. The molecule has 1 aliphatic carbocycles. The summed E-state index contributed by atoms with van der Waals surface area (Å²) in [5, 5.41) is 4.68. The summed E-state index contributed by atoms with van der Waals surface area (Å²) in [5.74, 6) is 0.855. The summed E-state index contributed by atoms with van der Waals surface area (Å²) in [7, 11) is 0. The predicted octanol–water partition coefficient (Wildman–Crippen LogP) is 4.40. The van der Waals surface area contributed by atoms with E-state index >= 15 is 0 Å². The molecule has 1 N–H and O–H groups in total. The van der Waals surface area contributed by atoms with Crippen molar-refractivity contribution in [1.29, 1.82) is 0 Å². The molecule has 2 aliphatic rings. The number of piperazine rings is 1. The normalized spacial score (nSPS) is 27.9. The maximum atomic E-state index is 6.32. The molecule has 3 heteroatoms. The first-order chi connectivity index (χ1) is 10.2. The zero-order valence-corrected chi connectivity index (χ0v) is 14.0. The molecule has 1 aromatic carbocycles. The van der Waals surface area contributed by atoms with Gasteiger partial charge in [-0.05, 0) is 50.3 Å². The van der Waals surface area contributed by atoms with E-state index in [4.69, 9.17) is 11.6 Å². The van der Waals surface area contributed by atoms with Gasteiger partial charge in [0, 0.05) is 35.9 Å². The first-order valence-corrected chi connectivity index (χ1v) is 8.79. The van der Waals surface area contributed by atoms with Crippen LogP contribution in [0.2, 0.25) is 5.02 Å². The van der Waals surface area contributed by atoms with Gasteiger partial charge in [-0.2, -0.15) is 0 Å². The predicted molar refractivity (Wildman–Crippen MR) is 91.4 cm³/mol. The average Bonchev–Trinajstić information content (AvgIpc) is 2.52. The molecule has 0 bridgehead atoms. The first kappa shape index (κ1) is 15.2. The molecule has 0 radical (unpaired) electrons. The average molecular weight is 307 g/mol. The summed E-state index contributed by atoms with van der Waals surface area (Å²) < 4.78 is 0. The number of nitrogens with one attached hydrogen (secondary N) is 1. The van der Waals surface area contributed by atoms with E-state index in [1.54, 1.807) is 0 Å². The highest BCUT2D eigenvalue weighted by atomic mass is 35.5. The molecule has 0 amide bonds. The standard InChI is InChI=1S/C18H27ClN2/c1-13-11-20-17(15-7-4-3-5-8-15)12-21(13)18-10-6-9-16(19)14(18)2/h6,9-10,13,15,17,20H,3-5,7-8,11-12H2,1-2H3. The summed E-state index contributed by atoms with van der Waals surface area (Å²) >= 11 is 6.32. The number of anilines is 1. The van der Waals surface area contributed by atoms with Crippen molar-refractivity contribution in [3.05, 3.63) is 28.8 Å². The summed E-state index contributed by atoms with van der Waals surface area (Å²) in [6.45, 7) is 6.65. The van der Waals surface area contributed by atoms with Crippen LogP contribution in [0.25, 0.3) is 0 Å². The second-order valence-electron chi connectivity index (χ2n) is 6.80. The van der Waals surface area contributed by atoms with Crippen molar-refractivity contribution in [3.8, 4) is 0 Å². The summed E-state index contributed by atoms with van der Waals surface area (Å²) in [6, 6.07) is 7.46. The molecule has 1 aromatic rings. The maximum absolute atomic E-state index is 6.32. The smallest absolute Gasteiger partial charge is 0.0455 e. The Morgan fingerprint density at radius 1 is 1.19 bits per heavy atom. The molecule has 1 heterocycles. The van der Waals surface area contributed by atoms with Crippen molar-refractivity contribution in [1.82, 2.24) is 5.32 Å². The van der Waals surface area contributed by atoms with Crippen LogP contribution in [-0.2, 0) is 0 Å². The molecule has 1 saturated carbocycles. The van der Waals surface area contributed by atoms with Gasteiger partial charge in [0.15, 0.2) is 0 Å². The molecule has 1 saturated heterocycles. The van der Waals surface area contributed by atoms with Crippen LogP contribution in [0.1, 0.15) is 44.6 Å². The van der Waals surface area contributed by atoms with Crippen molar-refractivity contribution in [2.24, 2.45) is 5.92 Å². The molecule has 21 heavy (non-hydrogen) atoms.